The summed E-state index contributed by atoms with van der Waals surface area (Å²) in [6.07, 6.45) is 3.49. The van der Waals surface area contributed by atoms with E-state index >= 15 is 0 Å². The Bertz CT molecular complexity index is 638. The summed E-state index contributed by atoms with van der Waals surface area (Å²) in [4.78, 5) is 17.0. The zero-order valence-corrected chi connectivity index (χ0v) is 15.2. The van der Waals surface area contributed by atoms with Crippen molar-refractivity contribution in [3.05, 3.63) is 60.4 Å². The van der Waals surface area contributed by atoms with Crippen LogP contribution in [0.5, 0.6) is 0 Å². The van der Waals surface area contributed by atoms with Crippen LogP contribution >= 0.6 is 34.8 Å². The van der Waals surface area contributed by atoms with E-state index in [9.17, 15) is 4.79 Å². The average Bonchev–Trinajstić information content (AvgIpc) is 2.53. The number of pyridine rings is 1. The summed E-state index contributed by atoms with van der Waals surface area (Å²) in [5.41, 5.74) is 0.597. The summed E-state index contributed by atoms with van der Waals surface area (Å²) in [7, 11) is 0. The molecular weight excluding hydrogens is 379 g/mol. The van der Waals surface area contributed by atoms with E-state index in [4.69, 9.17) is 39.5 Å². The number of halogens is 3. The molecule has 1 aromatic heterocycles. The number of benzene rings is 1. The molecule has 1 N–H and O–H groups in total. The second kappa shape index (κ2) is 8.11. The van der Waals surface area contributed by atoms with Crippen LogP contribution in [-0.4, -0.2) is 21.1 Å². The molecule has 1 aromatic carbocycles. The predicted octanol–water partition coefficient (Wildman–Crippen LogP) is 4.44. The quantitative estimate of drug-likeness (QED) is 0.618. The Morgan fingerprint density at radius 3 is 2.48 bits per heavy atom. The van der Waals surface area contributed by atoms with Crippen LogP contribution in [0.4, 0.5) is 4.79 Å². The number of ether oxygens (including phenoxy) is 1. The van der Waals surface area contributed by atoms with Crippen LogP contribution in [0.2, 0.25) is 0 Å². The van der Waals surface area contributed by atoms with Gasteiger partial charge in [-0.25, -0.2) is 4.79 Å². The highest BCUT2D eigenvalue weighted by Gasteiger charge is 2.38. The topological polar surface area (TPSA) is 51.2 Å². The fourth-order valence-corrected chi connectivity index (χ4v) is 3.22. The Morgan fingerprint density at radius 1 is 1.22 bits per heavy atom. The first-order valence-electron chi connectivity index (χ1n) is 6.53. The number of hydrogen-bond acceptors (Lipinski definition) is 3. The van der Waals surface area contributed by atoms with Gasteiger partial charge in [0.25, 0.3) is 0 Å². The van der Waals surface area contributed by atoms with E-state index in [0.717, 1.165) is 4.90 Å². The van der Waals surface area contributed by atoms with E-state index in [0.29, 0.717) is 5.56 Å². The van der Waals surface area contributed by atoms with Crippen molar-refractivity contribution < 1.29 is 9.53 Å². The maximum atomic E-state index is 12.1. The number of hydrogen-bond donors (Lipinski definition) is 1. The van der Waals surface area contributed by atoms with E-state index in [2.05, 4.69) is 9.71 Å². The summed E-state index contributed by atoms with van der Waals surface area (Å²) in [6.45, 7) is 0. The van der Waals surface area contributed by atoms with Gasteiger partial charge in [0, 0.05) is 6.20 Å². The fourth-order valence-electron chi connectivity index (χ4n) is 1.79. The van der Waals surface area contributed by atoms with Gasteiger partial charge in [-0.15, -0.1) is 4.72 Å². The van der Waals surface area contributed by atoms with Crippen LogP contribution < -0.4 is 4.72 Å². The van der Waals surface area contributed by atoms with Crippen molar-refractivity contribution in [2.24, 2.45) is 0 Å². The lowest BCUT2D eigenvalue weighted by molar-refractivity contribution is 0.105. The molecule has 0 aliphatic heterocycles. The minimum atomic E-state index is -1.78. The molecule has 2 rings (SSSR count). The normalized spacial score (nSPS) is 13.9. The van der Waals surface area contributed by atoms with Gasteiger partial charge >= 0.3 is 6.09 Å². The first-order chi connectivity index (χ1) is 10.9. The molecule has 23 heavy (non-hydrogen) atoms. The molecule has 122 valence electrons. The summed E-state index contributed by atoms with van der Waals surface area (Å²) in [6, 6.07) is 12.5. The van der Waals surface area contributed by atoms with Gasteiger partial charge in [0.1, 0.15) is 17.3 Å². The molecule has 2 atom stereocenters. The van der Waals surface area contributed by atoms with Crippen LogP contribution in [0.25, 0.3) is 0 Å². The third-order valence-corrected chi connectivity index (χ3v) is 4.86. The fraction of sp³-hybridized carbons (Fsp3) is 0.200. The maximum Gasteiger partial charge on any atom is 0.450 e. The van der Waals surface area contributed by atoms with Crippen molar-refractivity contribution in [1.29, 1.82) is 0 Å². The van der Waals surface area contributed by atoms with E-state index in [1.54, 1.807) is 42.7 Å². The Labute approximate surface area is 152 Å². The molecule has 4 nitrogen and oxygen atoms in total. The standard InChI is InChI=1S/C15H13Cl3N2O2S/c1-23(12-8-5-9-19-10-12)20-14(21)22-13(15(16,17)18)11-6-3-2-4-7-11/h2-10,13H,1H3/p+1/t13-,23?/m0/s1. The number of alkyl halides is 3. The number of rotatable bonds is 4. The van der Waals surface area contributed by atoms with Gasteiger partial charge in [0.2, 0.25) is 3.79 Å². The molecule has 0 saturated carbocycles. The molecule has 0 bridgehead atoms. The highest BCUT2D eigenvalue weighted by Crippen LogP contribution is 2.42. The monoisotopic (exact) mass is 391 g/mol. The molecule has 0 saturated heterocycles. The minimum Gasteiger partial charge on any atom is -0.434 e. The number of carbonyl (C=O) groups excluding carboxylic acids is 1. The van der Waals surface area contributed by atoms with Crippen LogP contribution in [0.1, 0.15) is 11.7 Å². The largest absolute Gasteiger partial charge is 0.450 e. The second-order valence-corrected chi connectivity index (χ2v) is 8.60. The van der Waals surface area contributed by atoms with Crippen LogP contribution in [0.3, 0.4) is 0 Å². The van der Waals surface area contributed by atoms with Crippen molar-refractivity contribution in [1.82, 2.24) is 9.71 Å². The zero-order chi connectivity index (χ0) is 16.9. The van der Waals surface area contributed by atoms with Gasteiger partial charge in [0.15, 0.2) is 11.0 Å². The zero-order valence-electron chi connectivity index (χ0n) is 12.1. The van der Waals surface area contributed by atoms with E-state index in [-0.39, 0.29) is 0 Å². The summed E-state index contributed by atoms with van der Waals surface area (Å²) in [5, 5.41) is 0. The third kappa shape index (κ3) is 5.46. The Morgan fingerprint density at radius 2 is 1.91 bits per heavy atom. The Hall–Kier alpha value is -1.14. The van der Waals surface area contributed by atoms with E-state index in [1.165, 1.54) is 0 Å². The molecule has 1 heterocycles. The van der Waals surface area contributed by atoms with Crippen molar-refractivity contribution in [3.63, 3.8) is 0 Å². The van der Waals surface area contributed by atoms with Gasteiger partial charge < -0.3 is 4.74 Å². The second-order valence-electron chi connectivity index (χ2n) is 4.54. The SMILES string of the molecule is C[S+](NC(=O)O[C@@H](c1ccccc1)C(Cl)(Cl)Cl)c1cccnc1. The lowest BCUT2D eigenvalue weighted by Crippen LogP contribution is -2.34. The van der Waals surface area contributed by atoms with Gasteiger partial charge in [-0.05, 0) is 17.7 Å². The number of amides is 1. The summed E-state index contributed by atoms with van der Waals surface area (Å²) < 4.78 is 6.27. The van der Waals surface area contributed by atoms with E-state index < -0.39 is 27.1 Å². The van der Waals surface area contributed by atoms with Crippen molar-refractivity contribution in [2.45, 2.75) is 14.8 Å². The first kappa shape index (κ1) is 18.2. The lowest BCUT2D eigenvalue weighted by Gasteiger charge is -2.24. The van der Waals surface area contributed by atoms with Gasteiger partial charge in [-0.3, -0.25) is 4.98 Å². The molecule has 0 spiro atoms. The molecular formula is C15H14Cl3N2O2S+. The molecule has 0 radical (unpaired) electrons. The molecule has 8 heteroatoms. The highest BCUT2D eigenvalue weighted by atomic mass is 35.6. The molecule has 2 aromatic rings. The molecule has 0 aliphatic rings. The molecule has 1 amide bonds. The minimum absolute atomic E-state index is 0.579. The van der Waals surface area contributed by atoms with Gasteiger partial charge in [-0.2, -0.15) is 0 Å². The number of nitrogens with one attached hydrogen (secondary N) is 1. The van der Waals surface area contributed by atoms with Crippen LogP contribution in [-0.2, 0) is 15.8 Å². The van der Waals surface area contributed by atoms with Crippen LogP contribution in [0, 0.1) is 0 Å². The molecule has 0 aliphatic carbocycles. The Balaban J connectivity index is 2.07. The van der Waals surface area contributed by atoms with Crippen LogP contribution in [0.15, 0.2) is 59.8 Å². The highest BCUT2D eigenvalue weighted by molar-refractivity contribution is 7.94. The van der Waals surface area contributed by atoms with E-state index in [1.807, 2.05) is 18.4 Å². The number of aromatic nitrogens is 1. The van der Waals surface area contributed by atoms with Gasteiger partial charge in [-0.1, -0.05) is 65.1 Å². The van der Waals surface area contributed by atoms with Gasteiger partial charge in [0.05, 0.1) is 6.20 Å². The first-order valence-corrected chi connectivity index (χ1v) is 9.29. The maximum absolute atomic E-state index is 12.1. The number of carbonyl (C=O) groups is 1. The Kier molecular flexibility index (Phi) is 6.41. The van der Waals surface area contributed by atoms with Crippen molar-refractivity contribution in [2.75, 3.05) is 6.26 Å². The smallest absolute Gasteiger partial charge is 0.434 e. The third-order valence-electron chi connectivity index (χ3n) is 2.85. The average molecular weight is 393 g/mol. The number of nitrogens with zero attached hydrogens (tertiary/aromatic N) is 1. The molecule has 0 fully saturated rings. The van der Waals surface area contributed by atoms with Crippen molar-refractivity contribution in [3.8, 4) is 0 Å². The summed E-state index contributed by atoms with van der Waals surface area (Å²) >= 11 is 17.3. The predicted molar refractivity (Wildman–Crippen MR) is 94.9 cm³/mol. The molecule has 1 unspecified atom stereocenters. The lowest BCUT2D eigenvalue weighted by atomic mass is 10.1. The summed E-state index contributed by atoms with van der Waals surface area (Å²) in [5.74, 6) is 0. The van der Waals surface area contributed by atoms with Crippen molar-refractivity contribution >= 4 is 52.0 Å².